The molecule has 0 rings (SSSR count). The standard InChI is InChI=1S/C9H18O/c1-7(2)6-9(10-5)8(3)4/h7,9H,3,6H2,1-2,4-5H3. The van der Waals surface area contributed by atoms with Crippen molar-refractivity contribution in [3.05, 3.63) is 12.2 Å². The second kappa shape index (κ2) is 4.51. The van der Waals surface area contributed by atoms with Gasteiger partial charge in [0.25, 0.3) is 0 Å². The Bertz CT molecular complexity index is 105. The first-order valence-corrected chi connectivity index (χ1v) is 3.76. The fourth-order valence-electron chi connectivity index (χ4n) is 0.927. The SMILES string of the molecule is C=C(C)C(CC(C)C)OC. The van der Waals surface area contributed by atoms with Crippen LogP contribution in [0.3, 0.4) is 0 Å². The molecule has 0 bridgehead atoms. The second-order valence-electron chi connectivity index (χ2n) is 3.20. The van der Waals surface area contributed by atoms with Crippen molar-refractivity contribution >= 4 is 0 Å². The Labute approximate surface area is 64.1 Å². The Balaban J connectivity index is 3.72. The van der Waals surface area contributed by atoms with Crippen LogP contribution in [0.1, 0.15) is 27.2 Å². The number of hydrogen-bond acceptors (Lipinski definition) is 1. The van der Waals surface area contributed by atoms with Gasteiger partial charge in [0.15, 0.2) is 0 Å². The second-order valence-corrected chi connectivity index (χ2v) is 3.20. The maximum Gasteiger partial charge on any atom is 0.0778 e. The zero-order valence-electron chi connectivity index (χ0n) is 7.48. The van der Waals surface area contributed by atoms with Crippen molar-refractivity contribution in [2.45, 2.75) is 33.3 Å². The van der Waals surface area contributed by atoms with Crippen LogP contribution in [0.5, 0.6) is 0 Å². The van der Waals surface area contributed by atoms with E-state index in [0.29, 0.717) is 5.92 Å². The van der Waals surface area contributed by atoms with E-state index in [0.717, 1.165) is 12.0 Å². The van der Waals surface area contributed by atoms with E-state index < -0.39 is 0 Å². The van der Waals surface area contributed by atoms with Gasteiger partial charge in [-0.3, -0.25) is 0 Å². The molecule has 0 aliphatic heterocycles. The van der Waals surface area contributed by atoms with E-state index in [1.807, 2.05) is 6.92 Å². The Morgan fingerprint density at radius 3 is 2.10 bits per heavy atom. The Morgan fingerprint density at radius 1 is 1.50 bits per heavy atom. The van der Waals surface area contributed by atoms with Crippen molar-refractivity contribution in [2.75, 3.05) is 7.11 Å². The summed E-state index contributed by atoms with van der Waals surface area (Å²) >= 11 is 0. The van der Waals surface area contributed by atoms with Gasteiger partial charge in [-0.15, -0.1) is 0 Å². The van der Waals surface area contributed by atoms with E-state index in [1.54, 1.807) is 7.11 Å². The van der Waals surface area contributed by atoms with Crippen molar-refractivity contribution < 1.29 is 4.74 Å². The highest BCUT2D eigenvalue weighted by atomic mass is 16.5. The minimum Gasteiger partial charge on any atom is -0.377 e. The normalized spacial score (nSPS) is 13.7. The summed E-state index contributed by atoms with van der Waals surface area (Å²) in [4.78, 5) is 0. The van der Waals surface area contributed by atoms with Gasteiger partial charge in [-0.1, -0.05) is 26.0 Å². The summed E-state index contributed by atoms with van der Waals surface area (Å²) in [6.07, 6.45) is 1.33. The van der Waals surface area contributed by atoms with Gasteiger partial charge >= 0.3 is 0 Å². The van der Waals surface area contributed by atoms with Crippen LogP contribution in [-0.2, 0) is 4.74 Å². The molecule has 10 heavy (non-hydrogen) atoms. The minimum atomic E-state index is 0.250. The molecule has 1 atom stereocenters. The summed E-state index contributed by atoms with van der Waals surface area (Å²) in [6, 6.07) is 0. The first-order valence-electron chi connectivity index (χ1n) is 3.76. The highest BCUT2D eigenvalue weighted by Gasteiger charge is 2.08. The average Bonchev–Trinajstić information content (AvgIpc) is 1.81. The van der Waals surface area contributed by atoms with Gasteiger partial charge in [-0.25, -0.2) is 0 Å². The van der Waals surface area contributed by atoms with Gasteiger partial charge in [0.05, 0.1) is 6.10 Å². The smallest absolute Gasteiger partial charge is 0.0778 e. The molecule has 1 heteroatoms. The maximum atomic E-state index is 5.22. The summed E-state index contributed by atoms with van der Waals surface area (Å²) in [7, 11) is 1.74. The molecule has 1 nitrogen and oxygen atoms in total. The Morgan fingerprint density at radius 2 is 2.00 bits per heavy atom. The lowest BCUT2D eigenvalue weighted by molar-refractivity contribution is 0.113. The third-order valence-corrected chi connectivity index (χ3v) is 1.52. The Kier molecular flexibility index (Phi) is 4.37. The summed E-state index contributed by atoms with van der Waals surface area (Å²) in [6.45, 7) is 10.2. The third-order valence-electron chi connectivity index (χ3n) is 1.52. The molecule has 0 saturated carbocycles. The van der Waals surface area contributed by atoms with Crippen LogP contribution in [0.15, 0.2) is 12.2 Å². The van der Waals surface area contributed by atoms with Gasteiger partial charge in [0.2, 0.25) is 0 Å². The van der Waals surface area contributed by atoms with Crippen molar-refractivity contribution in [1.29, 1.82) is 0 Å². The number of ether oxygens (including phenoxy) is 1. The average molecular weight is 142 g/mol. The highest BCUT2D eigenvalue weighted by molar-refractivity contribution is 4.97. The zero-order valence-corrected chi connectivity index (χ0v) is 7.48. The fourth-order valence-corrected chi connectivity index (χ4v) is 0.927. The molecule has 0 spiro atoms. The largest absolute Gasteiger partial charge is 0.377 e. The first kappa shape index (κ1) is 9.70. The van der Waals surface area contributed by atoms with E-state index in [2.05, 4.69) is 20.4 Å². The molecule has 0 fully saturated rings. The molecule has 0 aliphatic carbocycles. The molecular formula is C9H18O. The van der Waals surface area contributed by atoms with E-state index in [4.69, 9.17) is 4.74 Å². The van der Waals surface area contributed by atoms with Crippen molar-refractivity contribution in [1.82, 2.24) is 0 Å². The quantitative estimate of drug-likeness (QED) is 0.548. The van der Waals surface area contributed by atoms with E-state index in [-0.39, 0.29) is 6.10 Å². The lowest BCUT2D eigenvalue weighted by atomic mass is 10.0. The zero-order chi connectivity index (χ0) is 8.15. The molecule has 0 aromatic carbocycles. The van der Waals surface area contributed by atoms with Gasteiger partial charge in [-0.2, -0.15) is 0 Å². The molecule has 0 aliphatic rings. The van der Waals surface area contributed by atoms with Crippen LogP contribution >= 0.6 is 0 Å². The highest BCUT2D eigenvalue weighted by Crippen LogP contribution is 2.13. The van der Waals surface area contributed by atoms with Crippen molar-refractivity contribution in [3.63, 3.8) is 0 Å². The van der Waals surface area contributed by atoms with Crippen molar-refractivity contribution in [2.24, 2.45) is 5.92 Å². The fraction of sp³-hybridized carbons (Fsp3) is 0.778. The molecule has 0 N–H and O–H groups in total. The molecule has 0 aromatic heterocycles. The molecular weight excluding hydrogens is 124 g/mol. The predicted octanol–water partition coefficient (Wildman–Crippen LogP) is 2.62. The van der Waals surface area contributed by atoms with E-state index in [1.165, 1.54) is 0 Å². The van der Waals surface area contributed by atoms with Crippen LogP contribution in [0, 0.1) is 5.92 Å². The predicted molar refractivity (Wildman–Crippen MR) is 45.1 cm³/mol. The van der Waals surface area contributed by atoms with Crippen LogP contribution in [0.25, 0.3) is 0 Å². The van der Waals surface area contributed by atoms with Crippen LogP contribution in [0.4, 0.5) is 0 Å². The lowest BCUT2D eigenvalue weighted by Gasteiger charge is -2.16. The molecule has 0 amide bonds. The summed E-state index contributed by atoms with van der Waals surface area (Å²) < 4.78 is 5.22. The summed E-state index contributed by atoms with van der Waals surface area (Å²) in [5, 5.41) is 0. The van der Waals surface area contributed by atoms with E-state index in [9.17, 15) is 0 Å². The number of rotatable bonds is 4. The van der Waals surface area contributed by atoms with Crippen LogP contribution in [0.2, 0.25) is 0 Å². The Hall–Kier alpha value is -0.300. The van der Waals surface area contributed by atoms with Gasteiger partial charge in [0.1, 0.15) is 0 Å². The van der Waals surface area contributed by atoms with Gasteiger partial charge in [0, 0.05) is 7.11 Å². The van der Waals surface area contributed by atoms with Crippen molar-refractivity contribution in [3.8, 4) is 0 Å². The van der Waals surface area contributed by atoms with E-state index >= 15 is 0 Å². The molecule has 0 heterocycles. The van der Waals surface area contributed by atoms with Crippen LogP contribution in [-0.4, -0.2) is 13.2 Å². The number of methoxy groups -OCH3 is 1. The topological polar surface area (TPSA) is 9.23 Å². The minimum absolute atomic E-state index is 0.250. The molecule has 0 radical (unpaired) electrons. The maximum absolute atomic E-state index is 5.22. The molecule has 0 saturated heterocycles. The first-order chi connectivity index (χ1) is 4.57. The monoisotopic (exact) mass is 142 g/mol. The van der Waals surface area contributed by atoms with Gasteiger partial charge in [-0.05, 0) is 19.3 Å². The van der Waals surface area contributed by atoms with Gasteiger partial charge < -0.3 is 4.74 Å². The third kappa shape index (κ3) is 3.67. The molecule has 1 unspecified atom stereocenters. The molecule has 0 aromatic rings. The summed E-state index contributed by atoms with van der Waals surface area (Å²) in [5.74, 6) is 0.682. The summed E-state index contributed by atoms with van der Waals surface area (Å²) in [5.41, 5.74) is 1.12. The number of hydrogen-bond donors (Lipinski definition) is 0. The van der Waals surface area contributed by atoms with Crippen LogP contribution < -0.4 is 0 Å². The lowest BCUT2D eigenvalue weighted by Crippen LogP contribution is -2.13. The molecule has 60 valence electrons.